The summed E-state index contributed by atoms with van der Waals surface area (Å²) in [5.74, 6) is 2.64. The Kier molecular flexibility index (Phi) is 3.93. The van der Waals surface area contributed by atoms with E-state index in [4.69, 9.17) is 0 Å². The summed E-state index contributed by atoms with van der Waals surface area (Å²) in [6.07, 6.45) is 7.90. The highest BCUT2D eigenvalue weighted by Crippen LogP contribution is 2.67. The van der Waals surface area contributed by atoms with Crippen LogP contribution in [0.2, 0.25) is 0 Å². The molecule has 0 aromatic carbocycles. The lowest BCUT2D eigenvalue weighted by Gasteiger charge is -2.60. The molecule has 24 heavy (non-hydrogen) atoms. The highest BCUT2D eigenvalue weighted by molar-refractivity contribution is 5.85. The van der Waals surface area contributed by atoms with Crippen LogP contribution in [-0.4, -0.2) is 28.2 Å². The number of ketones is 1. The Morgan fingerprint density at radius 2 is 1.75 bits per heavy atom. The van der Waals surface area contributed by atoms with Gasteiger partial charge in [0.15, 0.2) is 0 Å². The maximum atomic E-state index is 12.7. The number of Topliss-reactive ketones (excluding diaryl/α,β-unsaturated/α-hetero) is 1. The third-order valence-corrected chi connectivity index (χ3v) is 9.04. The number of hydrogen-bond acceptors (Lipinski definition) is 3. The summed E-state index contributed by atoms with van der Waals surface area (Å²) in [5, 5.41) is 20.3. The molecule has 4 aliphatic carbocycles. The summed E-state index contributed by atoms with van der Waals surface area (Å²) in [6, 6.07) is 0. The van der Waals surface area contributed by atoms with Crippen molar-refractivity contribution in [3.63, 3.8) is 0 Å². The van der Waals surface area contributed by atoms with Gasteiger partial charge in [0, 0.05) is 12.3 Å². The number of rotatable bonds is 1. The molecule has 0 amide bonds. The quantitative estimate of drug-likeness (QED) is 0.771. The maximum Gasteiger partial charge on any atom is 0.139 e. The van der Waals surface area contributed by atoms with Crippen molar-refractivity contribution in [2.45, 2.75) is 84.3 Å². The lowest BCUT2D eigenvalue weighted by atomic mass is 9.44. The molecule has 3 nitrogen and oxygen atoms in total. The van der Waals surface area contributed by atoms with E-state index in [1.54, 1.807) is 0 Å². The number of carbonyl (C=O) groups excluding carboxylic acids is 1. The van der Waals surface area contributed by atoms with Crippen molar-refractivity contribution >= 4 is 5.78 Å². The van der Waals surface area contributed by atoms with E-state index in [-0.39, 0.29) is 17.4 Å². The van der Waals surface area contributed by atoms with E-state index < -0.39 is 6.10 Å². The molecule has 0 spiro atoms. The SMILES string of the molecule is C[C@H](O)[C@H]1C(=O)C[C@@H]2[C@@H]3CC[C@H]4C[C@@H](O)CC[C@]4(C)[C@H]3CC[C@@]21C. The van der Waals surface area contributed by atoms with Crippen LogP contribution in [0.15, 0.2) is 0 Å². The Hall–Kier alpha value is -0.410. The smallest absolute Gasteiger partial charge is 0.139 e. The van der Waals surface area contributed by atoms with E-state index in [0.717, 1.165) is 25.7 Å². The van der Waals surface area contributed by atoms with Crippen LogP contribution in [0.4, 0.5) is 0 Å². The summed E-state index contributed by atoms with van der Waals surface area (Å²) in [6.45, 7) is 6.57. The van der Waals surface area contributed by atoms with E-state index in [1.807, 2.05) is 6.92 Å². The van der Waals surface area contributed by atoms with Crippen LogP contribution in [-0.2, 0) is 4.79 Å². The second-order valence-corrected chi connectivity index (χ2v) is 10.0. The van der Waals surface area contributed by atoms with Gasteiger partial charge in [-0.15, -0.1) is 0 Å². The van der Waals surface area contributed by atoms with Crippen molar-refractivity contribution in [2.24, 2.45) is 40.4 Å². The molecule has 4 saturated carbocycles. The van der Waals surface area contributed by atoms with Crippen molar-refractivity contribution in [3.05, 3.63) is 0 Å². The third-order valence-electron chi connectivity index (χ3n) is 9.04. The van der Waals surface area contributed by atoms with Gasteiger partial charge in [-0.25, -0.2) is 0 Å². The summed E-state index contributed by atoms with van der Waals surface area (Å²) in [4.78, 5) is 12.7. The Labute approximate surface area is 146 Å². The second-order valence-electron chi connectivity index (χ2n) is 10.0. The molecule has 0 heterocycles. The van der Waals surface area contributed by atoms with Crippen LogP contribution in [0.1, 0.15) is 72.1 Å². The fraction of sp³-hybridized carbons (Fsp3) is 0.952. The maximum absolute atomic E-state index is 12.7. The first-order valence-electron chi connectivity index (χ1n) is 10.2. The molecule has 4 rings (SSSR count). The monoisotopic (exact) mass is 334 g/mol. The van der Waals surface area contributed by atoms with Crippen molar-refractivity contribution in [1.82, 2.24) is 0 Å². The highest BCUT2D eigenvalue weighted by Gasteiger charge is 2.62. The minimum atomic E-state index is -0.513. The Bertz CT molecular complexity index is 529. The molecule has 4 fully saturated rings. The summed E-state index contributed by atoms with van der Waals surface area (Å²) in [7, 11) is 0. The number of aliphatic hydroxyl groups is 2. The number of hydrogen-bond donors (Lipinski definition) is 2. The van der Waals surface area contributed by atoms with Crippen molar-refractivity contribution in [3.8, 4) is 0 Å². The van der Waals surface area contributed by atoms with Crippen LogP contribution in [0.25, 0.3) is 0 Å². The molecule has 0 bridgehead atoms. The van der Waals surface area contributed by atoms with Crippen molar-refractivity contribution in [1.29, 1.82) is 0 Å². The molecular formula is C21H34O3. The van der Waals surface area contributed by atoms with Gasteiger partial charge >= 0.3 is 0 Å². The molecule has 0 aromatic heterocycles. The average Bonchev–Trinajstić information content (AvgIpc) is 2.78. The standard InChI is InChI=1S/C21H34O3/c1-12(22)19-18(24)11-17-15-5-4-13-10-14(23)6-8-20(13,2)16(15)7-9-21(17,19)3/h12-17,19,22-23H,4-11H2,1-3H3/t12-,13-,14-,15+,16-,17+,19-,20-,21-/m0/s1. The van der Waals surface area contributed by atoms with Crippen LogP contribution >= 0.6 is 0 Å². The van der Waals surface area contributed by atoms with E-state index in [0.29, 0.717) is 41.3 Å². The van der Waals surface area contributed by atoms with E-state index in [9.17, 15) is 15.0 Å². The zero-order valence-electron chi connectivity index (χ0n) is 15.5. The fourth-order valence-electron chi connectivity index (χ4n) is 7.89. The fourth-order valence-corrected chi connectivity index (χ4v) is 7.89. The molecule has 4 aliphatic rings. The van der Waals surface area contributed by atoms with Crippen LogP contribution in [0.5, 0.6) is 0 Å². The number of fused-ring (bicyclic) bond motifs is 5. The normalized spacial score (nSPS) is 55.5. The topological polar surface area (TPSA) is 57.5 Å². The first-order chi connectivity index (χ1) is 11.3. The molecule has 2 N–H and O–H groups in total. The number of aliphatic hydroxyl groups excluding tert-OH is 2. The Morgan fingerprint density at radius 1 is 1.04 bits per heavy atom. The first kappa shape index (κ1) is 17.0. The van der Waals surface area contributed by atoms with Crippen molar-refractivity contribution < 1.29 is 15.0 Å². The molecule has 9 atom stereocenters. The Morgan fingerprint density at radius 3 is 2.46 bits per heavy atom. The average molecular weight is 335 g/mol. The Balaban J connectivity index is 1.64. The summed E-state index contributed by atoms with van der Waals surface area (Å²) in [5.41, 5.74) is 0.360. The minimum absolute atomic E-state index is 0.00376. The zero-order valence-corrected chi connectivity index (χ0v) is 15.5. The number of carbonyl (C=O) groups is 1. The first-order valence-corrected chi connectivity index (χ1v) is 10.2. The molecule has 0 aliphatic heterocycles. The molecule has 0 saturated heterocycles. The van der Waals surface area contributed by atoms with Gasteiger partial charge in [0.25, 0.3) is 0 Å². The second kappa shape index (κ2) is 5.54. The van der Waals surface area contributed by atoms with Gasteiger partial charge in [-0.3, -0.25) is 4.79 Å². The van der Waals surface area contributed by atoms with Crippen LogP contribution < -0.4 is 0 Å². The zero-order chi connectivity index (χ0) is 17.3. The minimum Gasteiger partial charge on any atom is -0.393 e. The van der Waals surface area contributed by atoms with E-state index in [1.165, 1.54) is 19.3 Å². The van der Waals surface area contributed by atoms with Gasteiger partial charge in [-0.2, -0.15) is 0 Å². The lowest BCUT2D eigenvalue weighted by Crippen LogP contribution is -2.54. The van der Waals surface area contributed by atoms with Gasteiger partial charge in [0.05, 0.1) is 12.2 Å². The van der Waals surface area contributed by atoms with Crippen LogP contribution in [0, 0.1) is 40.4 Å². The van der Waals surface area contributed by atoms with Gasteiger partial charge in [0.2, 0.25) is 0 Å². The van der Waals surface area contributed by atoms with Crippen LogP contribution in [0.3, 0.4) is 0 Å². The predicted molar refractivity (Wildman–Crippen MR) is 93.3 cm³/mol. The van der Waals surface area contributed by atoms with Gasteiger partial charge in [-0.05, 0) is 86.4 Å². The third kappa shape index (κ3) is 2.19. The van der Waals surface area contributed by atoms with Gasteiger partial charge in [-0.1, -0.05) is 13.8 Å². The van der Waals surface area contributed by atoms with E-state index >= 15 is 0 Å². The summed E-state index contributed by atoms with van der Waals surface area (Å²) >= 11 is 0. The highest BCUT2D eigenvalue weighted by atomic mass is 16.3. The molecular weight excluding hydrogens is 300 g/mol. The molecule has 0 radical (unpaired) electrons. The molecule has 0 unspecified atom stereocenters. The van der Waals surface area contributed by atoms with Gasteiger partial charge in [0.1, 0.15) is 5.78 Å². The van der Waals surface area contributed by atoms with Crippen molar-refractivity contribution in [2.75, 3.05) is 0 Å². The molecule has 0 aromatic rings. The molecule has 136 valence electrons. The summed E-state index contributed by atoms with van der Waals surface area (Å²) < 4.78 is 0. The lowest BCUT2D eigenvalue weighted by molar-refractivity contribution is -0.136. The van der Waals surface area contributed by atoms with Gasteiger partial charge < -0.3 is 10.2 Å². The predicted octanol–water partition coefficient (Wildman–Crippen LogP) is 3.57. The molecule has 3 heteroatoms. The largest absolute Gasteiger partial charge is 0.393 e. The van der Waals surface area contributed by atoms with E-state index in [2.05, 4.69) is 13.8 Å².